The molecule has 0 aromatic rings. The summed E-state index contributed by atoms with van der Waals surface area (Å²) in [6, 6.07) is 0. The summed E-state index contributed by atoms with van der Waals surface area (Å²) in [7, 11) is 0. The largest absolute Gasteiger partial charge is 0.369 e. The van der Waals surface area contributed by atoms with E-state index in [-0.39, 0.29) is 0 Å². The van der Waals surface area contributed by atoms with Crippen molar-refractivity contribution in [1.82, 2.24) is 0 Å². The Morgan fingerprint density at radius 3 is 2.65 bits per heavy atom. The highest BCUT2D eigenvalue weighted by molar-refractivity contribution is 5.23. The molecule has 1 heteroatoms. The number of allylic oxidation sites excluding steroid dienone is 2. The lowest BCUT2D eigenvalue weighted by molar-refractivity contribution is -0.0647. The molecule has 4 saturated carbocycles. The third-order valence-electron chi connectivity index (χ3n) is 9.36. The fourth-order valence-corrected chi connectivity index (χ4v) is 7.94. The highest BCUT2D eigenvalue weighted by Gasteiger charge is 2.60. The van der Waals surface area contributed by atoms with Gasteiger partial charge in [-0.2, -0.15) is 0 Å². The molecule has 128 valence electrons. The smallest absolute Gasteiger partial charge is 0.0944 e. The molecule has 0 bridgehead atoms. The number of ether oxygens (including phenoxy) is 1. The van der Waals surface area contributed by atoms with E-state index in [1.807, 2.05) is 0 Å². The van der Waals surface area contributed by atoms with Crippen LogP contribution in [-0.4, -0.2) is 12.2 Å². The third-order valence-corrected chi connectivity index (χ3v) is 9.36. The Labute approximate surface area is 142 Å². The highest BCUT2D eigenvalue weighted by atomic mass is 16.6. The molecule has 0 amide bonds. The van der Waals surface area contributed by atoms with Crippen LogP contribution in [0.1, 0.15) is 72.1 Å². The zero-order chi connectivity index (χ0) is 15.8. The molecule has 1 spiro atoms. The molecule has 5 aliphatic rings. The van der Waals surface area contributed by atoms with Crippen LogP contribution in [0, 0.1) is 40.9 Å². The Bertz CT molecular complexity index is 530. The molecule has 0 N–H and O–H groups in total. The molecule has 5 rings (SSSR count). The van der Waals surface area contributed by atoms with Crippen molar-refractivity contribution >= 4 is 0 Å². The average Bonchev–Trinajstić information content (AvgIpc) is 3.22. The van der Waals surface area contributed by atoms with Crippen molar-refractivity contribution in [2.24, 2.45) is 40.9 Å². The Balaban J connectivity index is 1.41. The molecule has 0 aromatic carbocycles. The lowest BCUT2D eigenvalue weighted by Gasteiger charge is -2.56. The molecule has 1 saturated heterocycles. The maximum absolute atomic E-state index is 5.94. The molecule has 1 nitrogen and oxygen atoms in total. The summed E-state index contributed by atoms with van der Waals surface area (Å²) in [5.74, 6) is 5.90. The summed E-state index contributed by atoms with van der Waals surface area (Å²) in [5.41, 5.74) is 2.69. The summed E-state index contributed by atoms with van der Waals surface area (Å²) >= 11 is 0. The predicted molar refractivity (Wildman–Crippen MR) is 94.1 cm³/mol. The first-order chi connectivity index (χ1) is 11.1. The number of rotatable bonds is 0. The van der Waals surface area contributed by atoms with E-state index in [0.29, 0.717) is 11.0 Å². The first-order valence-corrected chi connectivity index (χ1v) is 10.4. The van der Waals surface area contributed by atoms with Gasteiger partial charge < -0.3 is 4.74 Å². The maximum Gasteiger partial charge on any atom is 0.0944 e. The minimum Gasteiger partial charge on any atom is -0.369 e. The van der Waals surface area contributed by atoms with E-state index in [4.69, 9.17) is 4.74 Å². The van der Waals surface area contributed by atoms with Crippen LogP contribution in [-0.2, 0) is 4.74 Å². The van der Waals surface area contributed by atoms with Crippen LogP contribution in [0.3, 0.4) is 0 Å². The summed E-state index contributed by atoms with van der Waals surface area (Å²) < 4.78 is 5.94. The van der Waals surface area contributed by atoms with Crippen LogP contribution < -0.4 is 0 Å². The van der Waals surface area contributed by atoms with Gasteiger partial charge in [0.2, 0.25) is 0 Å². The number of hydrogen-bond acceptors (Lipinski definition) is 1. The lowest BCUT2D eigenvalue weighted by atomic mass is 9.49. The fraction of sp³-hybridized carbons (Fsp3) is 0.909. The van der Waals surface area contributed by atoms with Crippen LogP contribution in [0.4, 0.5) is 0 Å². The normalized spacial score (nSPS) is 59.5. The van der Waals surface area contributed by atoms with Gasteiger partial charge >= 0.3 is 0 Å². The van der Waals surface area contributed by atoms with Gasteiger partial charge in [-0.05, 0) is 99.2 Å². The summed E-state index contributed by atoms with van der Waals surface area (Å²) in [4.78, 5) is 0. The van der Waals surface area contributed by atoms with Crippen LogP contribution >= 0.6 is 0 Å². The van der Waals surface area contributed by atoms with Crippen LogP contribution in [0.15, 0.2) is 11.6 Å². The van der Waals surface area contributed by atoms with Crippen molar-refractivity contribution in [2.75, 3.05) is 6.61 Å². The van der Waals surface area contributed by atoms with Crippen molar-refractivity contribution in [1.29, 1.82) is 0 Å². The number of fused-ring (bicyclic) bond motifs is 5. The van der Waals surface area contributed by atoms with Gasteiger partial charge in [-0.1, -0.05) is 25.5 Å². The van der Waals surface area contributed by atoms with Gasteiger partial charge in [0.25, 0.3) is 0 Å². The standard InChI is InChI=1S/C22H34O/c1-4-16-6-8-20-18-7-5-15-12-22(13-23-22)14(2)11-19(15)17(18)9-10-21(16,20)3/h4,14-15,17-20H,5-13H2,1-3H3/b16-4-/t14-,15-,17-,18+,19-,20-,21+,22+/m0/s1. The zero-order valence-electron chi connectivity index (χ0n) is 15.3. The molecule has 23 heavy (non-hydrogen) atoms. The molecule has 0 aromatic heterocycles. The minimum atomic E-state index is 0.336. The topological polar surface area (TPSA) is 12.5 Å². The second-order valence-corrected chi connectivity index (χ2v) is 9.94. The van der Waals surface area contributed by atoms with Crippen molar-refractivity contribution in [3.63, 3.8) is 0 Å². The lowest BCUT2D eigenvalue weighted by Crippen LogP contribution is -2.50. The summed E-state index contributed by atoms with van der Waals surface area (Å²) in [6.07, 6.45) is 14.2. The van der Waals surface area contributed by atoms with Crippen molar-refractivity contribution in [3.8, 4) is 0 Å². The molecule has 5 fully saturated rings. The molecule has 4 aliphatic carbocycles. The van der Waals surface area contributed by atoms with Crippen LogP contribution in [0.25, 0.3) is 0 Å². The average molecular weight is 315 g/mol. The van der Waals surface area contributed by atoms with Crippen molar-refractivity contribution in [3.05, 3.63) is 11.6 Å². The van der Waals surface area contributed by atoms with E-state index >= 15 is 0 Å². The summed E-state index contributed by atoms with van der Waals surface area (Å²) in [5, 5.41) is 0. The molecule has 1 aliphatic heterocycles. The third kappa shape index (κ3) is 1.95. The molecular weight excluding hydrogens is 280 g/mol. The van der Waals surface area contributed by atoms with Crippen molar-refractivity contribution < 1.29 is 4.74 Å². The van der Waals surface area contributed by atoms with Gasteiger partial charge in [-0.15, -0.1) is 0 Å². The van der Waals surface area contributed by atoms with Crippen LogP contribution in [0.2, 0.25) is 0 Å². The van der Waals surface area contributed by atoms with E-state index in [1.165, 1.54) is 51.4 Å². The molecular formula is C22H34O. The molecule has 0 radical (unpaired) electrons. The predicted octanol–water partition coefficient (Wildman–Crippen LogP) is 5.60. The van der Waals surface area contributed by atoms with Gasteiger partial charge in [-0.3, -0.25) is 0 Å². The zero-order valence-corrected chi connectivity index (χ0v) is 15.3. The number of epoxide rings is 1. The molecule has 1 heterocycles. The van der Waals surface area contributed by atoms with Gasteiger partial charge in [0.05, 0.1) is 12.2 Å². The Kier molecular flexibility index (Phi) is 3.17. The Morgan fingerprint density at radius 1 is 1.09 bits per heavy atom. The quantitative estimate of drug-likeness (QED) is 0.419. The SMILES string of the molecule is C/C=C1/CC[C@H]2[C@@H]3CC[C@H]4C[C@@]5(CO5)[C@@H](C)C[C@@H]4[C@H]3CC[C@]12C. The van der Waals surface area contributed by atoms with E-state index in [1.54, 1.807) is 5.57 Å². The number of hydrogen-bond donors (Lipinski definition) is 0. The van der Waals surface area contributed by atoms with Gasteiger partial charge in [-0.25, -0.2) is 0 Å². The van der Waals surface area contributed by atoms with E-state index < -0.39 is 0 Å². The second-order valence-electron chi connectivity index (χ2n) is 9.94. The Morgan fingerprint density at radius 2 is 1.91 bits per heavy atom. The minimum absolute atomic E-state index is 0.336. The molecule has 0 unspecified atom stereocenters. The highest BCUT2D eigenvalue weighted by Crippen LogP contribution is 2.65. The van der Waals surface area contributed by atoms with Gasteiger partial charge in [0.1, 0.15) is 0 Å². The first kappa shape index (κ1) is 15.0. The monoisotopic (exact) mass is 314 g/mol. The maximum atomic E-state index is 5.94. The van der Waals surface area contributed by atoms with E-state index in [9.17, 15) is 0 Å². The van der Waals surface area contributed by atoms with Crippen molar-refractivity contribution in [2.45, 2.75) is 77.7 Å². The molecule has 8 atom stereocenters. The second kappa shape index (κ2) is 4.87. The van der Waals surface area contributed by atoms with E-state index in [0.717, 1.165) is 42.1 Å². The fourth-order valence-electron chi connectivity index (χ4n) is 7.94. The van der Waals surface area contributed by atoms with E-state index in [2.05, 4.69) is 26.8 Å². The van der Waals surface area contributed by atoms with Gasteiger partial charge in [0, 0.05) is 0 Å². The van der Waals surface area contributed by atoms with Gasteiger partial charge in [0.15, 0.2) is 0 Å². The summed E-state index contributed by atoms with van der Waals surface area (Å²) in [6.45, 7) is 8.44. The van der Waals surface area contributed by atoms with Crippen LogP contribution in [0.5, 0.6) is 0 Å². The Hall–Kier alpha value is -0.300. The first-order valence-electron chi connectivity index (χ1n) is 10.4.